The summed E-state index contributed by atoms with van der Waals surface area (Å²) in [6.45, 7) is 3.82. The zero-order chi connectivity index (χ0) is 18.1. The number of guanidine groups is 1. The van der Waals surface area contributed by atoms with Crippen molar-refractivity contribution in [3.8, 4) is 0 Å². The number of pyridine rings is 1. The van der Waals surface area contributed by atoms with Gasteiger partial charge in [-0.25, -0.2) is 9.38 Å². The highest BCUT2D eigenvalue weighted by molar-refractivity contribution is 14.0. The van der Waals surface area contributed by atoms with E-state index in [-0.39, 0.29) is 36.3 Å². The molecule has 2 aromatic heterocycles. The fourth-order valence-electron chi connectivity index (χ4n) is 2.05. The predicted octanol–water partition coefficient (Wildman–Crippen LogP) is 1.55. The maximum atomic E-state index is 13.7. The summed E-state index contributed by atoms with van der Waals surface area (Å²) in [6, 6.07) is 2.93. The van der Waals surface area contributed by atoms with Gasteiger partial charge in [0, 0.05) is 33.5 Å². The third kappa shape index (κ3) is 6.83. The first kappa shape index (κ1) is 22.2. The highest BCUT2D eigenvalue weighted by atomic mass is 127. The Balaban J connectivity index is 0.00000338. The Hall–Kier alpha value is -1.82. The quantitative estimate of drug-likeness (QED) is 0.260. The molecule has 0 atom stereocenters. The minimum atomic E-state index is -0.367. The lowest BCUT2D eigenvalue weighted by atomic mass is 10.3. The van der Waals surface area contributed by atoms with Gasteiger partial charge in [-0.3, -0.25) is 4.98 Å². The van der Waals surface area contributed by atoms with Crippen LogP contribution in [-0.2, 0) is 24.9 Å². The standard InChI is InChI=1S/C16H24FN7O.HI/c1-12-22-23-15(24(12)2)11-21-16(19-8-5-9-25-3)20-10-14-13(17)6-4-7-18-14;/h4,6-7H,5,8-11H2,1-3H3,(H2,19,20,21);1H. The second kappa shape index (κ2) is 11.7. The van der Waals surface area contributed by atoms with Gasteiger partial charge < -0.3 is 19.9 Å². The molecule has 0 amide bonds. The molecule has 0 spiro atoms. The predicted molar refractivity (Wildman–Crippen MR) is 108 cm³/mol. The first-order valence-electron chi connectivity index (χ1n) is 8.07. The van der Waals surface area contributed by atoms with Gasteiger partial charge in [-0.15, -0.1) is 34.2 Å². The Bertz CT molecular complexity index is 708. The summed E-state index contributed by atoms with van der Waals surface area (Å²) in [4.78, 5) is 8.41. The number of methoxy groups -OCH3 is 1. The van der Waals surface area contributed by atoms with Crippen LogP contribution in [0.15, 0.2) is 23.3 Å². The largest absolute Gasteiger partial charge is 0.385 e. The molecule has 2 aromatic rings. The van der Waals surface area contributed by atoms with E-state index in [2.05, 4.69) is 30.8 Å². The van der Waals surface area contributed by atoms with Crippen molar-refractivity contribution in [3.63, 3.8) is 0 Å². The summed E-state index contributed by atoms with van der Waals surface area (Å²) in [6.07, 6.45) is 2.38. The number of nitrogens with one attached hydrogen (secondary N) is 2. The van der Waals surface area contributed by atoms with Crippen molar-refractivity contribution in [2.45, 2.75) is 26.4 Å². The zero-order valence-corrected chi connectivity index (χ0v) is 17.5. The van der Waals surface area contributed by atoms with E-state index < -0.39 is 0 Å². The molecule has 0 aliphatic carbocycles. The maximum Gasteiger partial charge on any atom is 0.192 e. The Labute approximate surface area is 169 Å². The molecule has 144 valence electrons. The summed E-state index contributed by atoms with van der Waals surface area (Å²) in [5.41, 5.74) is 0.301. The molecule has 0 bridgehead atoms. The van der Waals surface area contributed by atoms with E-state index in [1.165, 1.54) is 6.07 Å². The Morgan fingerprint density at radius 2 is 2.15 bits per heavy atom. The monoisotopic (exact) mass is 477 g/mol. The van der Waals surface area contributed by atoms with Crippen molar-refractivity contribution in [2.24, 2.45) is 12.0 Å². The van der Waals surface area contributed by atoms with Crippen LogP contribution >= 0.6 is 24.0 Å². The summed E-state index contributed by atoms with van der Waals surface area (Å²) in [5.74, 6) is 1.81. The maximum absolute atomic E-state index is 13.7. The molecule has 2 N–H and O–H groups in total. The van der Waals surface area contributed by atoms with Crippen LogP contribution in [0.25, 0.3) is 0 Å². The molecule has 0 unspecified atom stereocenters. The van der Waals surface area contributed by atoms with Crippen molar-refractivity contribution >= 4 is 29.9 Å². The lowest BCUT2D eigenvalue weighted by Gasteiger charge is -2.12. The summed E-state index contributed by atoms with van der Waals surface area (Å²) < 4.78 is 20.6. The fraction of sp³-hybridized carbons (Fsp3) is 0.500. The lowest BCUT2D eigenvalue weighted by Crippen LogP contribution is -2.38. The van der Waals surface area contributed by atoms with Crippen LogP contribution in [0.5, 0.6) is 0 Å². The first-order valence-corrected chi connectivity index (χ1v) is 8.07. The molecular formula is C16H25FIN7O. The number of halogens is 2. The molecule has 0 saturated heterocycles. The van der Waals surface area contributed by atoms with Gasteiger partial charge in [0.25, 0.3) is 0 Å². The first-order chi connectivity index (χ1) is 12.1. The van der Waals surface area contributed by atoms with Crippen LogP contribution in [0.3, 0.4) is 0 Å². The van der Waals surface area contributed by atoms with Gasteiger partial charge in [-0.1, -0.05) is 0 Å². The van der Waals surface area contributed by atoms with Gasteiger partial charge in [0.1, 0.15) is 11.6 Å². The molecule has 2 heterocycles. The number of hydrogen-bond acceptors (Lipinski definition) is 5. The molecule has 0 radical (unpaired) electrons. The number of rotatable bonds is 8. The third-order valence-electron chi connectivity index (χ3n) is 3.64. The summed E-state index contributed by atoms with van der Waals surface area (Å²) in [7, 11) is 3.56. The number of aliphatic imine (C=N–C) groups is 1. The van der Waals surface area contributed by atoms with E-state index >= 15 is 0 Å². The smallest absolute Gasteiger partial charge is 0.192 e. The molecule has 0 aliphatic rings. The second-order valence-corrected chi connectivity index (χ2v) is 5.45. The highest BCUT2D eigenvalue weighted by Gasteiger charge is 2.07. The highest BCUT2D eigenvalue weighted by Crippen LogP contribution is 2.04. The topological polar surface area (TPSA) is 89.2 Å². The Morgan fingerprint density at radius 3 is 2.81 bits per heavy atom. The van der Waals surface area contributed by atoms with Crippen LogP contribution in [0.2, 0.25) is 0 Å². The molecule has 0 saturated carbocycles. The molecule has 10 heteroatoms. The van der Waals surface area contributed by atoms with Gasteiger partial charge in [0.15, 0.2) is 11.8 Å². The number of aryl methyl sites for hydroxylation is 1. The summed E-state index contributed by atoms with van der Waals surface area (Å²) in [5, 5.41) is 14.5. The normalized spacial score (nSPS) is 11.2. The number of ether oxygens (including phenoxy) is 1. The summed E-state index contributed by atoms with van der Waals surface area (Å²) >= 11 is 0. The molecular weight excluding hydrogens is 452 g/mol. The van der Waals surface area contributed by atoms with E-state index in [0.717, 1.165) is 18.1 Å². The van der Waals surface area contributed by atoms with E-state index in [1.807, 2.05) is 18.5 Å². The van der Waals surface area contributed by atoms with Crippen molar-refractivity contribution in [3.05, 3.63) is 41.5 Å². The van der Waals surface area contributed by atoms with Gasteiger partial charge >= 0.3 is 0 Å². The Kier molecular flexibility index (Phi) is 10.0. The zero-order valence-electron chi connectivity index (χ0n) is 15.2. The van der Waals surface area contributed by atoms with Gasteiger partial charge in [0.2, 0.25) is 0 Å². The van der Waals surface area contributed by atoms with Crippen LogP contribution < -0.4 is 10.6 Å². The number of nitrogens with zero attached hydrogens (tertiary/aromatic N) is 5. The fourth-order valence-corrected chi connectivity index (χ4v) is 2.05. The van der Waals surface area contributed by atoms with Crippen molar-refractivity contribution in [1.29, 1.82) is 0 Å². The van der Waals surface area contributed by atoms with E-state index in [9.17, 15) is 4.39 Å². The van der Waals surface area contributed by atoms with Crippen LogP contribution in [0, 0.1) is 12.7 Å². The molecule has 2 rings (SSSR count). The number of hydrogen-bond donors (Lipinski definition) is 2. The van der Waals surface area contributed by atoms with Crippen LogP contribution in [0.1, 0.15) is 23.8 Å². The SMILES string of the molecule is COCCCNC(=NCc1ncccc1F)NCc1nnc(C)n1C.I. The van der Waals surface area contributed by atoms with Crippen molar-refractivity contribution < 1.29 is 9.13 Å². The molecule has 26 heavy (non-hydrogen) atoms. The Morgan fingerprint density at radius 1 is 1.35 bits per heavy atom. The average Bonchev–Trinajstić information content (AvgIpc) is 2.93. The third-order valence-corrected chi connectivity index (χ3v) is 3.64. The van der Waals surface area contributed by atoms with Crippen LogP contribution in [-0.4, -0.2) is 46.0 Å². The molecule has 8 nitrogen and oxygen atoms in total. The van der Waals surface area contributed by atoms with Crippen LogP contribution in [0.4, 0.5) is 4.39 Å². The minimum Gasteiger partial charge on any atom is -0.385 e. The number of aromatic nitrogens is 4. The van der Waals surface area contributed by atoms with E-state index in [0.29, 0.717) is 31.3 Å². The second-order valence-electron chi connectivity index (χ2n) is 5.45. The van der Waals surface area contributed by atoms with Crippen molar-refractivity contribution in [2.75, 3.05) is 20.3 Å². The van der Waals surface area contributed by atoms with Crippen molar-refractivity contribution in [1.82, 2.24) is 30.4 Å². The lowest BCUT2D eigenvalue weighted by molar-refractivity contribution is 0.195. The van der Waals surface area contributed by atoms with E-state index in [1.54, 1.807) is 19.4 Å². The van der Waals surface area contributed by atoms with Gasteiger partial charge in [-0.05, 0) is 25.5 Å². The van der Waals surface area contributed by atoms with Gasteiger partial charge in [0.05, 0.1) is 18.8 Å². The van der Waals surface area contributed by atoms with Gasteiger partial charge in [-0.2, -0.15) is 0 Å². The molecule has 0 aromatic carbocycles. The molecule has 0 fully saturated rings. The molecule has 0 aliphatic heterocycles. The minimum absolute atomic E-state index is 0. The average molecular weight is 477 g/mol. The van der Waals surface area contributed by atoms with E-state index in [4.69, 9.17) is 4.74 Å².